The summed E-state index contributed by atoms with van der Waals surface area (Å²) in [6.45, 7) is 9.26. The van der Waals surface area contributed by atoms with Gasteiger partial charge in [0.2, 0.25) is 0 Å². The number of alkyl halides is 3. The molecule has 0 radical (unpaired) electrons. The van der Waals surface area contributed by atoms with Gasteiger partial charge in [-0.05, 0) is 31.9 Å². The predicted octanol–water partition coefficient (Wildman–Crippen LogP) is 2.41. The molecule has 1 aliphatic heterocycles. The van der Waals surface area contributed by atoms with Crippen molar-refractivity contribution in [1.29, 1.82) is 0 Å². The maximum atomic E-state index is 13.0. The van der Waals surface area contributed by atoms with Gasteiger partial charge in [-0.25, -0.2) is 4.98 Å². The fourth-order valence-corrected chi connectivity index (χ4v) is 3.12. The lowest BCUT2D eigenvalue weighted by Crippen LogP contribution is -2.47. The van der Waals surface area contributed by atoms with Crippen molar-refractivity contribution < 1.29 is 13.2 Å². The van der Waals surface area contributed by atoms with E-state index in [1.54, 1.807) is 7.05 Å². The molecule has 0 aromatic carbocycles. The van der Waals surface area contributed by atoms with Crippen LogP contribution in [0.15, 0.2) is 23.3 Å². The molecule has 0 saturated carbocycles. The zero-order chi connectivity index (χ0) is 20.0. The van der Waals surface area contributed by atoms with Gasteiger partial charge in [-0.15, -0.1) is 0 Å². The van der Waals surface area contributed by atoms with Gasteiger partial charge in [0.05, 0.1) is 5.56 Å². The molecule has 0 aliphatic carbocycles. The van der Waals surface area contributed by atoms with Gasteiger partial charge in [0.1, 0.15) is 5.82 Å². The normalized spacial score (nSPS) is 21.6. The quantitative estimate of drug-likeness (QED) is 0.398. The first-order chi connectivity index (χ1) is 12.7. The van der Waals surface area contributed by atoms with Gasteiger partial charge >= 0.3 is 6.18 Å². The van der Waals surface area contributed by atoms with Crippen molar-refractivity contribution in [1.82, 2.24) is 20.5 Å². The Bertz CT molecular complexity index is 632. The topological polar surface area (TPSA) is 64.6 Å². The summed E-state index contributed by atoms with van der Waals surface area (Å²) in [5.74, 6) is 0.981. The third kappa shape index (κ3) is 5.98. The number of likely N-dealkylation sites (tertiary alicyclic amines) is 1. The smallest absolute Gasteiger partial charge is 0.368 e. The fourth-order valence-electron chi connectivity index (χ4n) is 3.12. The van der Waals surface area contributed by atoms with Crippen molar-refractivity contribution in [2.75, 3.05) is 38.5 Å². The molecule has 2 unspecified atom stereocenters. The highest BCUT2D eigenvalue weighted by molar-refractivity contribution is 5.80. The number of aliphatic imine (C=N–C) groups is 1. The Hall–Kier alpha value is -2.03. The Kier molecular flexibility index (Phi) is 7.29. The van der Waals surface area contributed by atoms with Crippen LogP contribution in [0.1, 0.15) is 26.3 Å². The average molecular weight is 386 g/mol. The molecule has 1 aliphatic rings. The van der Waals surface area contributed by atoms with Gasteiger partial charge in [0.25, 0.3) is 0 Å². The lowest BCUT2D eigenvalue weighted by molar-refractivity contribution is -0.137. The summed E-state index contributed by atoms with van der Waals surface area (Å²) in [6.07, 6.45) is -3.09. The van der Waals surface area contributed by atoms with Gasteiger partial charge in [-0.1, -0.05) is 6.92 Å². The fraction of sp³-hybridized carbons (Fsp3) is 0.667. The summed E-state index contributed by atoms with van der Waals surface area (Å²) in [4.78, 5) is 10.4. The van der Waals surface area contributed by atoms with Crippen LogP contribution in [0.2, 0.25) is 0 Å². The number of rotatable bonds is 6. The highest BCUT2D eigenvalue weighted by Crippen LogP contribution is 2.33. The summed E-state index contributed by atoms with van der Waals surface area (Å²) < 4.78 is 38.9. The van der Waals surface area contributed by atoms with E-state index in [9.17, 15) is 13.2 Å². The number of hydrogen-bond acceptors (Lipinski definition) is 4. The van der Waals surface area contributed by atoms with E-state index in [2.05, 4.69) is 51.6 Å². The molecule has 1 aromatic heterocycles. The molecule has 9 heteroatoms. The van der Waals surface area contributed by atoms with Crippen molar-refractivity contribution in [3.8, 4) is 0 Å². The van der Waals surface area contributed by atoms with Crippen molar-refractivity contribution in [2.45, 2.75) is 39.0 Å². The van der Waals surface area contributed by atoms with Crippen molar-refractivity contribution >= 4 is 11.8 Å². The predicted molar refractivity (Wildman–Crippen MR) is 102 cm³/mol. The van der Waals surface area contributed by atoms with E-state index < -0.39 is 11.7 Å². The van der Waals surface area contributed by atoms with Crippen LogP contribution in [0.25, 0.3) is 0 Å². The Morgan fingerprint density at radius 2 is 2.07 bits per heavy atom. The number of guanidine groups is 1. The summed E-state index contributed by atoms with van der Waals surface area (Å²) in [5, 5.41) is 9.29. The Morgan fingerprint density at radius 1 is 1.33 bits per heavy atom. The lowest BCUT2D eigenvalue weighted by Gasteiger charge is -2.22. The van der Waals surface area contributed by atoms with Crippen LogP contribution < -0.4 is 16.0 Å². The maximum Gasteiger partial charge on any atom is 0.419 e. The highest BCUT2D eigenvalue weighted by atomic mass is 19.4. The van der Waals surface area contributed by atoms with E-state index in [0.717, 1.165) is 19.2 Å². The van der Waals surface area contributed by atoms with E-state index in [-0.39, 0.29) is 5.82 Å². The van der Waals surface area contributed by atoms with Crippen LogP contribution in [-0.4, -0.2) is 61.2 Å². The SMILES string of the molecule is CN=C(NCCNc1ncccc1C(F)(F)F)NC1CN(C(C)C)CC1C. The molecule has 0 amide bonds. The molecule has 1 fully saturated rings. The molecular weight excluding hydrogens is 357 g/mol. The van der Waals surface area contributed by atoms with Gasteiger partial charge in [0, 0.05) is 51.5 Å². The first kappa shape index (κ1) is 21.3. The lowest BCUT2D eigenvalue weighted by atomic mass is 10.1. The Balaban J connectivity index is 1.81. The second kappa shape index (κ2) is 9.25. The van der Waals surface area contributed by atoms with Crippen LogP contribution in [0, 0.1) is 5.92 Å². The molecule has 0 bridgehead atoms. The number of pyridine rings is 1. The van der Waals surface area contributed by atoms with E-state index >= 15 is 0 Å². The summed E-state index contributed by atoms with van der Waals surface area (Å²) in [6, 6.07) is 3.09. The second-order valence-corrected chi connectivity index (χ2v) is 7.10. The van der Waals surface area contributed by atoms with E-state index in [4.69, 9.17) is 0 Å². The summed E-state index contributed by atoms with van der Waals surface area (Å²) >= 11 is 0. The first-order valence-electron chi connectivity index (χ1n) is 9.19. The molecule has 3 N–H and O–H groups in total. The largest absolute Gasteiger partial charge is 0.419 e. The molecular formula is C18H29F3N6. The standard InChI is InChI=1S/C18H29F3N6/c1-12(2)27-10-13(3)15(11-27)26-17(22-4)25-9-8-24-16-14(18(19,20)21)6-5-7-23-16/h5-7,12-13,15H,8-11H2,1-4H3,(H,23,24)(H2,22,25,26). The second-order valence-electron chi connectivity index (χ2n) is 7.10. The van der Waals surface area contributed by atoms with Crippen molar-refractivity contribution in [3.63, 3.8) is 0 Å². The Morgan fingerprint density at radius 3 is 2.67 bits per heavy atom. The number of anilines is 1. The van der Waals surface area contributed by atoms with Crippen LogP contribution in [-0.2, 0) is 6.18 Å². The van der Waals surface area contributed by atoms with Gasteiger partial charge in [-0.3, -0.25) is 9.89 Å². The minimum absolute atomic E-state index is 0.160. The minimum atomic E-state index is -4.43. The molecule has 2 atom stereocenters. The molecule has 152 valence electrons. The Labute approximate surface area is 158 Å². The van der Waals surface area contributed by atoms with Gasteiger partial charge < -0.3 is 16.0 Å². The third-order valence-electron chi connectivity index (χ3n) is 4.74. The van der Waals surface area contributed by atoms with E-state index in [1.807, 2.05) is 0 Å². The summed E-state index contributed by atoms with van der Waals surface area (Å²) in [5.41, 5.74) is -0.763. The van der Waals surface area contributed by atoms with Crippen molar-refractivity contribution in [3.05, 3.63) is 23.9 Å². The van der Waals surface area contributed by atoms with Crippen LogP contribution >= 0.6 is 0 Å². The number of nitrogens with zero attached hydrogens (tertiary/aromatic N) is 3. The molecule has 1 saturated heterocycles. The maximum absolute atomic E-state index is 13.0. The number of halogens is 3. The van der Waals surface area contributed by atoms with Crippen LogP contribution in [0.3, 0.4) is 0 Å². The third-order valence-corrected chi connectivity index (χ3v) is 4.74. The molecule has 6 nitrogen and oxygen atoms in total. The first-order valence-corrected chi connectivity index (χ1v) is 9.19. The number of nitrogens with one attached hydrogen (secondary N) is 3. The monoisotopic (exact) mass is 386 g/mol. The average Bonchev–Trinajstić information content (AvgIpc) is 2.98. The number of hydrogen-bond donors (Lipinski definition) is 3. The highest BCUT2D eigenvalue weighted by Gasteiger charge is 2.34. The van der Waals surface area contributed by atoms with E-state index in [0.29, 0.717) is 37.1 Å². The molecule has 2 rings (SSSR count). The van der Waals surface area contributed by atoms with Crippen molar-refractivity contribution in [2.24, 2.45) is 10.9 Å². The van der Waals surface area contributed by atoms with Crippen LogP contribution in [0.5, 0.6) is 0 Å². The van der Waals surface area contributed by atoms with Gasteiger partial charge in [-0.2, -0.15) is 13.2 Å². The molecule has 27 heavy (non-hydrogen) atoms. The van der Waals surface area contributed by atoms with Gasteiger partial charge in [0.15, 0.2) is 5.96 Å². The number of aromatic nitrogens is 1. The zero-order valence-corrected chi connectivity index (χ0v) is 16.3. The zero-order valence-electron chi connectivity index (χ0n) is 16.3. The molecule has 2 heterocycles. The van der Waals surface area contributed by atoms with E-state index in [1.165, 1.54) is 12.3 Å². The van der Waals surface area contributed by atoms with Crippen LogP contribution in [0.4, 0.5) is 19.0 Å². The molecule has 1 aromatic rings. The summed E-state index contributed by atoms with van der Waals surface area (Å²) in [7, 11) is 1.68. The minimum Gasteiger partial charge on any atom is -0.368 e. The molecule has 0 spiro atoms.